The van der Waals surface area contributed by atoms with E-state index in [1.165, 1.54) is 12.1 Å². The van der Waals surface area contributed by atoms with Gasteiger partial charge in [-0.2, -0.15) is 13.2 Å². The Morgan fingerprint density at radius 2 is 1.86 bits per heavy atom. The molecule has 7 heteroatoms. The summed E-state index contributed by atoms with van der Waals surface area (Å²) in [5.41, 5.74) is 1.74. The number of rotatable bonds is 5. The lowest BCUT2D eigenvalue weighted by atomic mass is 9.94. The summed E-state index contributed by atoms with van der Waals surface area (Å²) < 4.78 is 38.9. The van der Waals surface area contributed by atoms with Crippen molar-refractivity contribution in [3.05, 3.63) is 77.1 Å². The first-order valence-electron chi connectivity index (χ1n) is 9.42. The van der Waals surface area contributed by atoms with E-state index >= 15 is 0 Å². The highest BCUT2D eigenvalue weighted by atomic mass is 19.4. The predicted octanol–water partition coefficient (Wildman–Crippen LogP) is 4.68. The van der Waals surface area contributed by atoms with Crippen LogP contribution in [-0.4, -0.2) is 41.2 Å². The Kier molecular flexibility index (Phi) is 6.39. The SMILES string of the molecule is C=Cc1cccnc1/C(O)=C(\C)C(c1ccc(C(F)(F)F)cc1)N1CCNCC1. The zero-order valence-corrected chi connectivity index (χ0v) is 16.2. The Labute approximate surface area is 168 Å². The van der Waals surface area contributed by atoms with E-state index in [4.69, 9.17) is 0 Å². The molecule has 0 spiro atoms. The molecule has 0 saturated carbocycles. The zero-order chi connectivity index (χ0) is 21.0. The first-order valence-corrected chi connectivity index (χ1v) is 9.42. The second-order valence-electron chi connectivity index (χ2n) is 6.99. The van der Waals surface area contributed by atoms with E-state index in [1.807, 2.05) is 0 Å². The minimum Gasteiger partial charge on any atom is -0.506 e. The van der Waals surface area contributed by atoms with Crippen molar-refractivity contribution in [1.29, 1.82) is 0 Å². The second kappa shape index (κ2) is 8.80. The molecule has 0 radical (unpaired) electrons. The van der Waals surface area contributed by atoms with E-state index in [2.05, 4.69) is 21.8 Å². The Morgan fingerprint density at radius 3 is 2.45 bits per heavy atom. The summed E-state index contributed by atoms with van der Waals surface area (Å²) >= 11 is 0. The maximum atomic E-state index is 13.0. The molecule has 1 fully saturated rings. The van der Waals surface area contributed by atoms with Crippen molar-refractivity contribution in [2.75, 3.05) is 26.2 Å². The molecule has 1 unspecified atom stereocenters. The number of halogens is 3. The van der Waals surface area contributed by atoms with Gasteiger partial charge in [-0.1, -0.05) is 30.9 Å². The molecular weight excluding hydrogens is 379 g/mol. The average molecular weight is 403 g/mol. The highest BCUT2D eigenvalue weighted by Gasteiger charge is 2.32. The van der Waals surface area contributed by atoms with Gasteiger partial charge in [0.2, 0.25) is 0 Å². The number of nitrogens with zero attached hydrogens (tertiary/aromatic N) is 2. The highest BCUT2D eigenvalue weighted by molar-refractivity contribution is 5.69. The van der Waals surface area contributed by atoms with Gasteiger partial charge in [-0.15, -0.1) is 0 Å². The predicted molar refractivity (Wildman–Crippen MR) is 108 cm³/mol. The molecule has 29 heavy (non-hydrogen) atoms. The van der Waals surface area contributed by atoms with Crippen molar-refractivity contribution in [2.45, 2.75) is 19.1 Å². The minimum absolute atomic E-state index is 0.0175. The van der Waals surface area contributed by atoms with Crippen LogP contribution in [0.15, 0.2) is 54.7 Å². The van der Waals surface area contributed by atoms with E-state index < -0.39 is 11.7 Å². The lowest BCUT2D eigenvalue weighted by Gasteiger charge is -2.36. The second-order valence-corrected chi connectivity index (χ2v) is 6.99. The third kappa shape index (κ3) is 4.68. The van der Waals surface area contributed by atoms with E-state index in [0.717, 1.165) is 25.2 Å². The Morgan fingerprint density at radius 1 is 1.21 bits per heavy atom. The van der Waals surface area contributed by atoms with Crippen LogP contribution >= 0.6 is 0 Å². The molecule has 0 bridgehead atoms. The van der Waals surface area contributed by atoms with Crippen molar-refractivity contribution >= 4 is 11.8 Å². The van der Waals surface area contributed by atoms with Crippen LogP contribution in [0, 0.1) is 0 Å². The van der Waals surface area contributed by atoms with E-state index in [0.29, 0.717) is 35.5 Å². The fraction of sp³-hybridized carbons (Fsp3) is 0.318. The van der Waals surface area contributed by atoms with Crippen LogP contribution in [0.4, 0.5) is 13.2 Å². The smallest absolute Gasteiger partial charge is 0.416 e. The van der Waals surface area contributed by atoms with Crippen LogP contribution in [0.5, 0.6) is 0 Å². The summed E-state index contributed by atoms with van der Waals surface area (Å²) in [6.45, 7) is 8.52. The van der Waals surface area contributed by atoms with Crippen molar-refractivity contribution in [3.63, 3.8) is 0 Å². The quantitative estimate of drug-likeness (QED) is 0.712. The Hall–Kier alpha value is -2.64. The normalized spacial score (nSPS) is 17.5. The lowest BCUT2D eigenvalue weighted by molar-refractivity contribution is -0.137. The van der Waals surface area contributed by atoms with Gasteiger partial charge in [-0.05, 0) is 36.3 Å². The van der Waals surface area contributed by atoms with E-state index in [9.17, 15) is 18.3 Å². The minimum atomic E-state index is -4.39. The van der Waals surface area contributed by atoms with Crippen molar-refractivity contribution in [1.82, 2.24) is 15.2 Å². The number of aromatic nitrogens is 1. The molecule has 4 nitrogen and oxygen atoms in total. The highest BCUT2D eigenvalue weighted by Crippen LogP contribution is 2.35. The van der Waals surface area contributed by atoms with Crippen LogP contribution in [0.1, 0.15) is 35.3 Å². The lowest BCUT2D eigenvalue weighted by Crippen LogP contribution is -2.45. The molecule has 154 valence electrons. The van der Waals surface area contributed by atoms with Gasteiger partial charge in [0.15, 0.2) is 0 Å². The van der Waals surface area contributed by atoms with Gasteiger partial charge in [-0.25, -0.2) is 0 Å². The van der Waals surface area contributed by atoms with E-state index in [-0.39, 0.29) is 11.8 Å². The molecule has 1 aromatic heterocycles. The first kappa shape index (κ1) is 21.1. The standard InChI is InChI=1S/C22H24F3N3O/c1-3-16-5-4-10-27-19(16)21(29)15(2)20(28-13-11-26-12-14-28)17-6-8-18(9-7-17)22(23,24)25/h3-10,20,26,29H,1,11-14H2,2H3/b21-15-. The fourth-order valence-corrected chi connectivity index (χ4v) is 3.63. The average Bonchev–Trinajstić information content (AvgIpc) is 2.74. The Balaban J connectivity index is 2.06. The van der Waals surface area contributed by atoms with E-state index in [1.54, 1.807) is 31.3 Å². The number of nitrogens with one attached hydrogen (secondary N) is 1. The number of benzene rings is 1. The maximum absolute atomic E-state index is 13.0. The molecule has 1 aliphatic rings. The molecule has 1 atom stereocenters. The Bertz CT molecular complexity index is 885. The summed E-state index contributed by atoms with van der Waals surface area (Å²) in [5.74, 6) is 0.0175. The number of aliphatic hydroxyl groups excluding tert-OH is 1. The molecule has 0 aliphatic carbocycles. The largest absolute Gasteiger partial charge is 0.506 e. The molecule has 1 saturated heterocycles. The number of aliphatic hydroxyl groups is 1. The monoisotopic (exact) mass is 403 g/mol. The molecule has 3 rings (SSSR count). The summed E-state index contributed by atoms with van der Waals surface area (Å²) in [4.78, 5) is 6.43. The molecule has 0 amide bonds. The maximum Gasteiger partial charge on any atom is 0.416 e. The number of alkyl halides is 3. The summed E-state index contributed by atoms with van der Waals surface area (Å²) in [5, 5.41) is 14.3. The van der Waals surface area contributed by atoms with Crippen LogP contribution in [0.2, 0.25) is 0 Å². The van der Waals surface area contributed by atoms with Gasteiger partial charge in [-0.3, -0.25) is 9.88 Å². The summed E-state index contributed by atoms with van der Waals surface area (Å²) in [6, 6.07) is 8.34. The van der Waals surface area contributed by atoms with Crippen molar-refractivity contribution in [2.24, 2.45) is 0 Å². The van der Waals surface area contributed by atoms with Crippen LogP contribution < -0.4 is 5.32 Å². The van der Waals surface area contributed by atoms with Crippen molar-refractivity contribution in [3.8, 4) is 0 Å². The third-order valence-corrected chi connectivity index (χ3v) is 5.14. The zero-order valence-electron chi connectivity index (χ0n) is 16.2. The number of piperazine rings is 1. The number of hydrogen-bond donors (Lipinski definition) is 2. The van der Waals surface area contributed by atoms with Gasteiger partial charge in [0.05, 0.1) is 11.6 Å². The van der Waals surface area contributed by atoms with Crippen LogP contribution in [0.3, 0.4) is 0 Å². The summed E-state index contributed by atoms with van der Waals surface area (Å²) in [6.07, 6.45) is -1.18. The molecule has 2 aromatic rings. The van der Waals surface area contributed by atoms with Crippen LogP contribution in [-0.2, 0) is 6.18 Å². The summed E-state index contributed by atoms with van der Waals surface area (Å²) in [7, 11) is 0. The van der Waals surface area contributed by atoms with Gasteiger partial charge in [0.25, 0.3) is 0 Å². The molecule has 1 aromatic carbocycles. The third-order valence-electron chi connectivity index (χ3n) is 5.14. The van der Waals surface area contributed by atoms with Gasteiger partial charge < -0.3 is 10.4 Å². The van der Waals surface area contributed by atoms with Crippen molar-refractivity contribution < 1.29 is 18.3 Å². The molecule has 2 N–H and O–H groups in total. The van der Waals surface area contributed by atoms with Gasteiger partial charge in [0, 0.05) is 37.9 Å². The van der Waals surface area contributed by atoms with Crippen LogP contribution in [0.25, 0.3) is 11.8 Å². The number of hydrogen-bond acceptors (Lipinski definition) is 4. The number of pyridine rings is 1. The topological polar surface area (TPSA) is 48.4 Å². The molecular formula is C22H24F3N3O. The van der Waals surface area contributed by atoms with Gasteiger partial charge >= 0.3 is 6.18 Å². The fourth-order valence-electron chi connectivity index (χ4n) is 3.63. The van der Waals surface area contributed by atoms with Gasteiger partial charge in [0.1, 0.15) is 11.5 Å². The molecule has 1 aliphatic heterocycles. The first-order chi connectivity index (χ1) is 13.8. The molecule has 2 heterocycles.